The van der Waals surface area contributed by atoms with E-state index in [1.165, 1.54) is 0 Å². The van der Waals surface area contributed by atoms with Gasteiger partial charge in [-0.1, -0.05) is 25.1 Å². The van der Waals surface area contributed by atoms with E-state index in [4.69, 9.17) is 4.98 Å². The smallest absolute Gasteiger partial charge is 0.323 e. The molecule has 3 aromatic rings. The maximum absolute atomic E-state index is 12.9. The summed E-state index contributed by atoms with van der Waals surface area (Å²) in [6.45, 7) is 6.12. The van der Waals surface area contributed by atoms with E-state index in [-0.39, 0.29) is 12.1 Å². The first-order valence-electron chi connectivity index (χ1n) is 11.4. The number of aliphatic carboxylic acids is 1. The van der Waals surface area contributed by atoms with Crippen LogP contribution in [0.2, 0.25) is 0 Å². The molecule has 2 N–H and O–H groups in total. The van der Waals surface area contributed by atoms with Gasteiger partial charge < -0.3 is 14.6 Å². The van der Waals surface area contributed by atoms with Crippen LogP contribution in [0.1, 0.15) is 36.6 Å². The predicted molar refractivity (Wildman–Crippen MR) is 123 cm³/mol. The van der Waals surface area contributed by atoms with Gasteiger partial charge in [0.2, 0.25) is 5.95 Å². The molecule has 2 aliphatic rings. The molecule has 5 rings (SSSR count). The Morgan fingerprint density at radius 1 is 1.22 bits per heavy atom. The zero-order valence-corrected chi connectivity index (χ0v) is 18.4. The van der Waals surface area contributed by atoms with Gasteiger partial charge in [-0.3, -0.25) is 19.5 Å². The van der Waals surface area contributed by atoms with Gasteiger partial charge >= 0.3 is 5.97 Å². The van der Waals surface area contributed by atoms with E-state index >= 15 is 0 Å². The number of nitrogens with zero attached hydrogens (tertiary/aromatic N) is 4. The van der Waals surface area contributed by atoms with E-state index in [9.17, 15) is 14.7 Å². The van der Waals surface area contributed by atoms with Gasteiger partial charge in [-0.15, -0.1) is 0 Å². The molecule has 0 aliphatic carbocycles. The van der Waals surface area contributed by atoms with Crippen LogP contribution in [-0.4, -0.2) is 50.1 Å². The van der Waals surface area contributed by atoms with E-state index in [1.807, 2.05) is 30.5 Å². The Morgan fingerprint density at radius 3 is 2.78 bits per heavy atom. The van der Waals surface area contributed by atoms with Crippen molar-refractivity contribution in [2.24, 2.45) is 5.92 Å². The number of carboxylic acids is 1. The number of benzene rings is 1. The minimum absolute atomic E-state index is 0.0402. The zero-order chi connectivity index (χ0) is 22.2. The second kappa shape index (κ2) is 8.43. The van der Waals surface area contributed by atoms with Crippen LogP contribution < -0.4 is 10.5 Å². The molecule has 8 nitrogen and oxygen atoms in total. The molecule has 1 fully saturated rings. The molecule has 1 aromatic carbocycles. The zero-order valence-electron chi connectivity index (χ0n) is 18.4. The third-order valence-corrected chi connectivity index (χ3v) is 6.79. The monoisotopic (exact) mass is 435 g/mol. The summed E-state index contributed by atoms with van der Waals surface area (Å²) in [5.41, 5.74) is 3.62. The summed E-state index contributed by atoms with van der Waals surface area (Å²) >= 11 is 0. The fourth-order valence-electron chi connectivity index (χ4n) is 4.94. The summed E-state index contributed by atoms with van der Waals surface area (Å²) in [5.74, 6) is 0.581. The number of para-hydroxylation sites is 1. The standard InChI is InChI=1S/C24H29N5O3/c1-16-6-10-28(11-7-16)24-25-20-8-9-27(14-19(20)23(32)26-24)12-17-13-29(15-22(30)31)21-5-3-2-4-18(17)21/h2-5,13,16H,6-12,14-15H2,1H3,(H,30,31)(H,25,26,32). The van der Waals surface area contributed by atoms with Crippen LogP contribution in [0.5, 0.6) is 0 Å². The molecule has 0 spiro atoms. The van der Waals surface area contributed by atoms with Gasteiger partial charge in [0.05, 0.1) is 11.3 Å². The Hall–Kier alpha value is -3.13. The molecule has 0 amide bonds. The quantitative estimate of drug-likeness (QED) is 0.640. The number of fused-ring (bicyclic) bond motifs is 2. The molecular formula is C24H29N5O3. The number of H-pyrrole nitrogens is 1. The minimum Gasteiger partial charge on any atom is -0.480 e. The lowest BCUT2D eigenvalue weighted by molar-refractivity contribution is -0.137. The Bertz CT molecular complexity index is 1210. The molecule has 0 radical (unpaired) electrons. The Kier molecular flexibility index (Phi) is 5.46. The van der Waals surface area contributed by atoms with Gasteiger partial charge in [-0.05, 0) is 30.4 Å². The van der Waals surface area contributed by atoms with Crippen molar-refractivity contribution in [1.29, 1.82) is 0 Å². The maximum atomic E-state index is 12.9. The van der Waals surface area contributed by atoms with Crippen molar-refractivity contribution >= 4 is 22.8 Å². The minimum atomic E-state index is -0.860. The largest absolute Gasteiger partial charge is 0.480 e. The van der Waals surface area contributed by atoms with Crippen LogP contribution in [0.15, 0.2) is 35.3 Å². The van der Waals surface area contributed by atoms with Gasteiger partial charge in [-0.25, -0.2) is 4.98 Å². The second-order valence-electron chi connectivity index (χ2n) is 9.14. The van der Waals surface area contributed by atoms with Crippen LogP contribution in [0.4, 0.5) is 5.95 Å². The molecule has 168 valence electrons. The van der Waals surface area contributed by atoms with Crippen molar-refractivity contribution in [3.8, 4) is 0 Å². The Labute approximate surface area is 186 Å². The highest BCUT2D eigenvalue weighted by atomic mass is 16.4. The van der Waals surface area contributed by atoms with Crippen LogP contribution in [-0.2, 0) is 30.8 Å². The molecule has 0 atom stereocenters. The van der Waals surface area contributed by atoms with E-state index < -0.39 is 5.97 Å². The SMILES string of the molecule is CC1CCN(c2nc3c(c(=O)[nH]2)CN(Cc2cn(CC(=O)O)c4ccccc24)CC3)CC1. The third-order valence-electron chi connectivity index (χ3n) is 6.79. The Morgan fingerprint density at radius 2 is 2.00 bits per heavy atom. The van der Waals surface area contributed by atoms with E-state index in [0.29, 0.717) is 19.0 Å². The highest BCUT2D eigenvalue weighted by Crippen LogP contribution is 2.26. The molecule has 0 unspecified atom stereocenters. The van der Waals surface area contributed by atoms with Gasteiger partial charge in [0.25, 0.3) is 5.56 Å². The number of hydrogen-bond acceptors (Lipinski definition) is 5. The summed E-state index contributed by atoms with van der Waals surface area (Å²) in [6.07, 6.45) is 4.93. The number of carbonyl (C=O) groups is 1. The van der Waals surface area contributed by atoms with Crippen LogP contribution in [0.3, 0.4) is 0 Å². The third kappa shape index (κ3) is 4.02. The van der Waals surface area contributed by atoms with Crippen molar-refractivity contribution < 1.29 is 9.90 Å². The average molecular weight is 436 g/mol. The predicted octanol–water partition coefficient (Wildman–Crippen LogP) is 2.60. The van der Waals surface area contributed by atoms with Gasteiger partial charge in [0, 0.05) is 56.2 Å². The number of aromatic nitrogens is 3. The van der Waals surface area contributed by atoms with Crippen molar-refractivity contribution in [1.82, 2.24) is 19.4 Å². The molecule has 4 heterocycles. The van der Waals surface area contributed by atoms with Crippen LogP contribution in [0.25, 0.3) is 10.9 Å². The lowest BCUT2D eigenvalue weighted by Crippen LogP contribution is -2.39. The Balaban J connectivity index is 1.36. The van der Waals surface area contributed by atoms with Crippen molar-refractivity contribution in [3.63, 3.8) is 0 Å². The summed E-state index contributed by atoms with van der Waals surface area (Å²) in [5, 5.41) is 10.3. The lowest BCUT2D eigenvalue weighted by Gasteiger charge is -2.32. The van der Waals surface area contributed by atoms with Crippen LogP contribution >= 0.6 is 0 Å². The highest BCUT2D eigenvalue weighted by molar-refractivity contribution is 5.85. The van der Waals surface area contributed by atoms with Gasteiger partial charge in [0.1, 0.15) is 6.54 Å². The first-order chi connectivity index (χ1) is 15.5. The number of aromatic amines is 1. The number of hydrogen-bond donors (Lipinski definition) is 2. The molecule has 32 heavy (non-hydrogen) atoms. The fraction of sp³-hybridized carbons (Fsp3) is 0.458. The molecule has 8 heteroatoms. The van der Waals surface area contributed by atoms with E-state index in [0.717, 1.165) is 72.5 Å². The van der Waals surface area contributed by atoms with Crippen LogP contribution in [0, 0.1) is 5.92 Å². The van der Waals surface area contributed by atoms with Crippen molar-refractivity contribution in [2.75, 3.05) is 24.5 Å². The molecular weight excluding hydrogens is 406 g/mol. The summed E-state index contributed by atoms with van der Waals surface area (Å²) in [6, 6.07) is 7.87. The lowest BCUT2D eigenvalue weighted by atomic mass is 9.99. The van der Waals surface area contributed by atoms with Crippen molar-refractivity contribution in [3.05, 3.63) is 57.6 Å². The second-order valence-corrected chi connectivity index (χ2v) is 9.14. The number of nitrogens with one attached hydrogen (secondary N) is 1. The maximum Gasteiger partial charge on any atom is 0.323 e. The number of piperidine rings is 1. The van der Waals surface area contributed by atoms with Crippen molar-refractivity contribution in [2.45, 2.75) is 45.8 Å². The fourth-order valence-corrected chi connectivity index (χ4v) is 4.94. The molecule has 0 saturated carbocycles. The average Bonchev–Trinajstić information content (AvgIpc) is 3.11. The van der Waals surface area contributed by atoms with Gasteiger partial charge in [0.15, 0.2) is 0 Å². The highest BCUT2D eigenvalue weighted by Gasteiger charge is 2.25. The van der Waals surface area contributed by atoms with Gasteiger partial charge in [-0.2, -0.15) is 0 Å². The molecule has 0 bridgehead atoms. The number of rotatable bonds is 5. The van der Waals surface area contributed by atoms with E-state index in [1.54, 1.807) is 4.57 Å². The number of anilines is 1. The summed E-state index contributed by atoms with van der Waals surface area (Å²) in [7, 11) is 0. The summed E-state index contributed by atoms with van der Waals surface area (Å²) in [4.78, 5) is 36.5. The molecule has 2 aliphatic heterocycles. The first kappa shape index (κ1) is 20.8. The topological polar surface area (TPSA) is 94.5 Å². The molecule has 2 aromatic heterocycles. The first-order valence-corrected chi connectivity index (χ1v) is 11.4. The normalized spacial score (nSPS) is 17.6. The summed E-state index contributed by atoms with van der Waals surface area (Å²) < 4.78 is 1.78. The number of carboxylic acid groups (broad SMARTS) is 1. The van der Waals surface area contributed by atoms with E-state index in [2.05, 4.69) is 21.7 Å². The molecule has 1 saturated heterocycles.